The van der Waals surface area contributed by atoms with Crippen LogP contribution in [0.4, 0.5) is 4.79 Å². The molecule has 13 heteroatoms. The van der Waals surface area contributed by atoms with E-state index in [0.29, 0.717) is 42.1 Å². The molecule has 4 rings (SSSR count). The first kappa shape index (κ1) is 20.5. The molecule has 0 spiro atoms. The van der Waals surface area contributed by atoms with Crippen LogP contribution >= 0.6 is 0 Å². The molecule has 29 heavy (non-hydrogen) atoms. The van der Waals surface area contributed by atoms with Gasteiger partial charge in [-0.25, -0.2) is 4.79 Å². The van der Waals surface area contributed by atoms with Gasteiger partial charge in [-0.15, -0.1) is 14.5 Å². The molecular weight excluding hydrogens is 404 g/mol. The highest BCUT2D eigenvalue weighted by molar-refractivity contribution is 7.80. The van der Waals surface area contributed by atoms with Gasteiger partial charge >= 0.3 is 16.4 Å². The van der Waals surface area contributed by atoms with Gasteiger partial charge in [-0.1, -0.05) is 0 Å². The van der Waals surface area contributed by atoms with Crippen molar-refractivity contribution in [3.8, 4) is 0 Å². The van der Waals surface area contributed by atoms with E-state index in [0.717, 1.165) is 38.9 Å². The Morgan fingerprint density at radius 3 is 2.79 bits per heavy atom. The molecule has 2 bridgehead atoms. The van der Waals surface area contributed by atoms with E-state index < -0.39 is 28.5 Å². The van der Waals surface area contributed by atoms with Crippen LogP contribution in [0.15, 0.2) is 4.42 Å². The highest BCUT2D eigenvalue weighted by Gasteiger charge is 2.49. The lowest BCUT2D eigenvalue weighted by Crippen LogP contribution is -2.40. The number of fused-ring (bicyclic) bond motifs is 2. The number of hydrogen-bond donors (Lipinski definition) is 3. The molecule has 2 amide bonds. The third kappa shape index (κ3) is 4.86. The van der Waals surface area contributed by atoms with Gasteiger partial charge in [0.15, 0.2) is 0 Å². The van der Waals surface area contributed by atoms with E-state index >= 15 is 0 Å². The second-order valence-corrected chi connectivity index (χ2v) is 8.63. The maximum Gasteiger partial charge on any atom is 0.418 e. The fourth-order valence-corrected chi connectivity index (χ4v) is 4.55. The van der Waals surface area contributed by atoms with Crippen molar-refractivity contribution in [3.63, 3.8) is 0 Å². The Labute approximate surface area is 168 Å². The maximum absolute atomic E-state index is 12.5. The second-order valence-electron chi connectivity index (χ2n) is 7.63. The van der Waals surface area contributed by atoms with Crippen molar-refractivity contribution in [1.82, 2.24) is 30.8 Å². The molecular formula is C16H26N6O6S. The van der Waals surface area contributed by atoms with Gasteiger partial charge in [-0.3, -0.25) is 4.55 Å². The summed E-state index contributed by atoms with van der Waals surface area (Å²) in [5.41, 5.74) is 0. The van der Waals surface area contributed by atoms with Crippen LogP contribution in [0.1, 0.15) is 49.9 Å². The topological polar surface area (TPSA) is 150 Å². The zero-order valence-electron chi connectivity index (χ0n) is 16.0. The van der Waals surface area contributed by atoms with Gasteiger partial charge in [-0.05, 0) is 51.7 Å². The average Bonchev–Trinajstić information content (AvgIpc) is 3.25. The first-order valence-electron chi connectivity index (χ1n) is 9.94. The summed E-state index contributed by atoms with van der Waals surface area (Å²) in [6.45, 7) is 3.25. The molecule has 2 atom stereocenters. The minimum absolute atomic E-state index is 0.275. The molecule has 4 heterocycles. The summed E-state index contributed by atoms with van der Waals surface area (Å²) in [7, 11) is -4.76. The largest absolute Gasteiger partial charge is 0.423 e. The van der Waals surface area contributed by atoms with Gasteiger partial charge in [0.1, 0.15) is 6.04 Å². The van der Waals surface area contributed by atoms with Gasteiger partial charge in [0.2, 0.25) is 11.8 Å². The predicted molar refractivity (Wildman–Crippen MR) is 98.9 cm³/mol. The van der Waals surface area contributed by atoms with Crippen LogP contribution in [-0.4, -0.2) is 77.4 Å². The lowest BCUT2D eigenvalue weighted by Gasteiger charge is -2.27. The number of hydrogen-bond acceptors (Lipinski definition) is 9. The molecule has 3 fully saturated rings. The molecule has 162 valence electrons. The van der Waals surface area contributed by atoms with Crippen molar-refractivity contribution in [1.29, 1.82) is 0 Å². The average molecular weight is 430 g/mol. The molecule has 1 aromatic heterocycles. The number of hydroxylamine groups is 2. The SMILES string of the molecule is O=C1N2C[C@H](CC[C@H]2c2nnc(CCCNC3CCNCC3)o2)N1OS(=O)(=O)O. The molecule has 0 aliphatic carbocycles. The van der Waals surface area contributed by atoms with Crippen LogP contribution in [0, 0.1) is 0 Å². The molecule has 3 aliphatic rings. The van der Waals surface area contributed by atoms with E-state index in [-0.39, 0.29) is 6.54 Å². The molecule has 1 aromatic rings. The molecule has 3 saturated heterocycles. The number of urea groups is 1. The lowest BCUT2D eigenvalue weighted by molar-refractivity contribution is -0.0317. The standard InChI is InChI=1S/C16H26N6O6S/c23-16-21-10-12(22(16)28-29(24,25)26)3-4-13(21)15-20-19-14(27-15)2-1-7-18-11-5-8-17-9-6-11/h11-13,17-18H,1-10H2,(H,24,25,26)/t12-,13-/m0/s1. The van der Waals surface area contributed by atoms with Crippen molar-refractivity contribution in [3.05, 3.63) is 11.8 Å². The van der Waals surface area contributed by atoms with Crippen molar-refractivity contribution in [2.24, 2.45) is 0 Å². The van der Waals surface area contributed by atoms with E-state index in [9.17, 15) is 13.2 Å². The highest BCUT2D eigenvalue weighted by atomic mass is 32.3. The monoisotopic (exact) mass is 430 g/mol. The third-order valence-corrected chi connectivity index (χ3v) is 5.95. The highest BCUT2D eigenvalue weighted by Crippen LogP contribution is 2.38. The molecule has 0 aromatic carbocycles. The van der Waals surface area contributed by atoms with Crippen LogP contribution in [0.5, 0.6) is 0 Å². The van der Waals surface area contributed by atoms with Crippen molar-refractivity contribution in [2.45, 2.75) is 56.7 Å². The molecule has 0 radical (unpaired) electrons. The quantitative estimate of drug-likeness (QED) is 0.380. The van der Waals surface area contributed by atoms with Crippen molar-refractivity contribution in [2.75, 3.05) is 26.2 Å². The number of amides is 2. The van der Waals surface area contributed by atoms with E-state index in [2.05, 4.69) is 25.1 Å². The normalized spacial score (nSPS) is 25.8. The second kappa shape index (κ2) is 8.52. The van der Waals surface area contributed by atoms with E-state index in [1.165, 1.54) is 4.90 Å². The molecule has 3 N–H and O–H groups in total. The summed E-state index contributed by atoms with van der Waals surface area (Å²) in [5.74, 6) is 0.860. The zero-order valence-corrected chi connectivity index (χ0v) is 16.8. The van der Waals surface area contributed by atoms with E-state index in [4.69, 9.17) is 8.97 Å². The summed E-state index contributed by atoms with van der Waals surface area (Å²) < 4.78 is 41.0. The number of rotatable bonds is 8. The third-order valence-electron chi connectivity index (χ3n) is 5.60. The number of carbonyl (C=O) groups excluding carboxylic acids is 1. The first-order valence-corrected chi connectivity index (χ1v) is 11.3. The Morgan fingerprint density at radius 1 is 1.24 bits per heavy atom. The number of carbonyl (C=O) groups is 1. The van der Waals surface area contributed by atoms with Crippen LogP contribution in [0.25, 0.3) is 0 Å². The summed E-state index contributed by atoms with van der Waals surface area (Å²) >= 11 is 0. The number of aromatic nitrogens is 2. The lowest BCUT2D eigenvalue weighted by atomic mass is 10.0. The van der Waals surface area contributed by atoms with Gasteiger partial charge < -0.3 is 20.0 Å². The zero-order chi connectivity index (χ0) is 20.4. The minimum atomic E-state index is -4.76. The van der Waals surface area contributed by atoms with Crippen LogP contribution in [-0.2, 0) is 21.1 Å². The summed E-state index contributed by atoms with van der Waals surface area (Å²) in [6.07, 6.45) is 4.83. The van der Waals surface area contributed by atoms with Gasteiger partial charge in [0.05, 0.1) is 6.04 Å². The Hall–Kier alpha value is -1.80. The van der Waals surface area contributed by atoms with Crippen LogP contribution < -0.4 is 10.6 Å². The van der Waals surface area contributed by atoms with Crippen LogP contribution in [0.2, 0.25) is 0 Å². The molecule has 12 nitrogen and oxygen atoms in total. The predicted octanol–water partition coefficient (Wildman–Crippen LogP) is 0.0193. The summed E-state index contributed by atoms with van der Waals surface area (Å²) in [4.78, 5) is 13.9. The maximum atomic E-state index is 12.5. The number of nitrogens with zero attached hydrogens (tertiary/aromatic N) is 4. The van der Waals surface area contributed by atoms with E-state index in [1.54, 1.807) is 0 Å². The fourth-order valence-electron chi connectivity index (χ4n) is 4.16. The summed E-state index contributed by atoms with van der Waals surface area (Å²) in [6, 6.07) is -0.952. The fraction of sp³-hybridized carbons (Fsp3) is 0.812. The Balaban J connectivity index is 1.30. The Bertz CT molecular complexity index is 826. The van der Waals surface area contributed by atoms with Crippen LogP contribution in [0.3, 0.4) is 0 Å². The van der Waals surface area contributed by atoms with Crippen molar-refractivity contribution >= 4 is 16.4 Å². The van der Waals surface area contributed by atoms with Gasteiger partial charge in [0.25, 0.3) is 0 Å². The number of piperidine rings is 2. The molecule has 3 aliphatic heterocycles. The molecule has 0 saturated carbocycles. The van der Waals surface area contributed by atoms with E-state index in [1.807, 2.05) is 0 Å². The number of aryl methyl sites for hydroxylation is 1. The minimum Gasteiger partial charge on any atom is -0.423 e. The molecule has 0 unspecified atom stereocenters. The number of nitrogens with one attached hydrogen (secondary N) is 2. The van der Waals surface area contributed by atoms with Gasteiger partial charge in [-0.2, -0.15) is 13.5 Å². The van der Waals surface area contributed by atoms with Gasteiger partial charge in [0, 0.05) is 19.0 Å². The first-order chi connectivity index (χ1) is 13.9. The Morgan fingerprint density at radius 2 is 2.03 bits per heavy atom. The van der Waals surface area contributed by atoms with Crippen molar-refractivity contribution < 1.29 is 26.5 Å². The smallest absolute Gasteiger partial charge is 0.418 e. The summed E-state index contributed by atoms with van der Waals surface area (Å²) in [5, 5.41) is 15.8. The Kier molecular flexibility index (Phi) is 6.01.